The third-order valence-corrected chi connectivity index (χ3v) is 31.9. The Hall–Kier alpha value is 0.980. The fourth-order valence-electron chi connectivity index (χ4n) is 13.7. The Morgan fingerprint density at radius 3 is 0.586 bits per heavy atom. The number of ether oxygens (including phenoxy) is 7. The van der Waals surface area contributed by atoms with E-state index in [0.29, 0.717) is 0 Å². The second kappa shape index (κ2) is 51.5. The minimum atomic E-state index is -8.32. The van der Waals surface area contributed by atoms with Gasteiger partial charge in [0.1, 0.15) is 54.9 Å². The molecule has 0 aliphatic carbocycles. The maximum atomic E-state index is 17.7. The van der Waals surface area contributed by atoms with Gasteiger partial charge in [-0.05, 0) is 49.3 Å². The van der Waals surface area contributed by atoms with Crippen LogP contribution in [-0.2, 0) is 224 Å². The van der Waals surface area contributed by atoms with Gasteiger partial charge in [0.15, 0.2) is 28.0 Å². The molecule has 7 aliphatic rings. The van der Waals surface area contributed by atoms with Crippen LogP contribution < -0.4 is 37.2 Å². The van der Waals surface area contributed by atoms with Crippen molar-refractivity contribution in [1.82, 2.24) is 37.2 Å². The first kappa shape index (κ1) is 121. The monoisotopic (exact) mass is 2240 g/mol. The highest BCUT2D eigenvalue weighted by atomic mass is 31.2. The minimum absolute atomic E-state index is 0.861. The Kier molecular flexibility index (Phi) is 46.9. The Labute approximate surface area is 754 Å². The summed E-state index contributed by atoms with van der Waals surface area (Å²) in [6.45, 7) is -52.9. The Morgan fingerprint density at radius 1 is 0.211 bits per heavy atom. The molecule has 21 N–H and O–H groups in total. The number of hydrogen-bond donors (Lipinski definition) is 21. The molecule has 7 aliphatic heterocycles. The van der Waals surface area contributed by atoms with Crippen molar-refractivity contribution >= 4 is 110 Å². The summed E-state index contributed by atoms with van der Waals surface area (Å²) in [6, 6.07) is 0. The number of rotatable bonds is 34. The van der Waals surface area contributed by atoms with Gasteiger partial charge in [0, 0.05) is 0 Å². The predicted molar refractivity (Wildman–Crippen MR) is 423 cm³/mol. The SMILES string of the molecule is CNCOCC1OP(=O)(O)OCCOP(=O)(O)OC1C1(C2(C3(C4(C5(C6OP(=O)(O)OCCOP(=O)(O)OC6COCNC)OP(=O)(O)OCCOP(=O)(O)OC5COCNC)OP(=O)(O)OCCOP(=O)(O)OC4COCNC)OP(=O)(O)OCCOP(=O)(O)OC3COCNC)OP(=O)(O)OCCOP(=O)(O)OC2COCNC)OP(=O)(O)OCCOP(=O)(O)OC1COCNC. The summed E-state index contributed by atoms with van der Waals surface area (Å²) < 4.78 is 434. The number of phosphoric ester groups is 14. The van der Waals surface area contributed by atoms with Gasteiger partial charge in [0.25, 0.3) is 0 Å². The first-order valence-corrected chi connectivity index (χ1v) is 58.6. The molecule has 0 bridgehead atoms. The van der Waals surface area contributed by atoms with Gasteiger partial charge in [-0.1, -0.05) is 0 Å². The van der Waals surface area contributed by atoms with Gasteiger partial charge in [-0.2, -0.15) is 0 Å². The second-order valence-corrected chi connectivity index (χ2v) is 46.4. The van der Waals surface area contributed by atoms with Crippen LogP contribution in [0.5, 0.6) is 0 Å². The standard InChI is InChI=1S/C49H107N7O63P14/c1-50-29-85-22-36-43(113-127(71,72)99-10-8-92-120(57,58)106-36)45(38(24-87-31-52-3)108-122(61,62)94-12-17-101-129(75,76)115-45)47(40(26-89-33-54-5)110-124(65,66)96-14-19-103-131(79,80)117-47)49(42(28-91-35-56-7)112-126(69,70)98-16-21-105-133(83,84)119-49)48(41(27-90-34-55-6)111-125(67,68)97-15-20-104-132(81,82)118-48)46(39(25-88-32-53-4)109-123(63,64)95-13-18-102-130(77,78)116-46)44-37(23-86-30-51-2)107-121(59,60)93-9-11-100-128(73,74)114-44/h36-44,50-56H,8-35H2,1-7H3,(H,57,58)(H,59,60)(H,61,62)(H,63,64)(H,65,66)(H,67,68)(H,69,70)(H,71,72)(H,73,74)(H,75,76)(H,77,78)(H,79,80)(H,81,82)(H,83,84). The van der Waals surface area contributed by atoms with Gasteiger partial charge in [0.2, 0.25) is 0 Å². The Balaban J connectivity index is 2.43. The first-order valence-electron chi connectivity index (χ1n) is 37.7. The highest BCUT2D eigenvalue weighted by Crippen LogP contribution is 2.80. The van der Waals surface area contributed by atoms with Gasteiger partial charge in [-0.25, -0.2) is 63.9 Å². The van der Waals surface area contributed by atoms with Crippen molar-refractivity contribution in [2.24, 2.45) is 0 Å². The van der Waals surface area contributed by atoms with Crippen LogP contribution in [-0.4, -0.2) is 387 Å². The van der Waals surface area contributed by atoms with Crippen LogP contribution in [0.25, 0.3) is 0 Å². The summed E-state index contributed by atoms with van der Waals surface area (Å²) in [5.41, 5.74) is -33.6. The fourth-order valence-corrected chi connectivity index (χ4v) is 27.3. The smallest absolute Gasteiger partial charge is 0.363 e. The molecule has 0 aromatic rings. The fraction of sp³-hybridized carbons (Fsp3) is 1.00. The molecule has 0 spiro atoms. The average molecular weight is 2240 g/mol. The van der Waals surface area contributed by atoms with E-state index in [9.17, 15) is 68.5 Å². The maximum Gasteiger partial charge on any atom is 0.473 e. The molecule has 0 aromatic carbocycles. The summed E-state index contributed by atoms with van der Waals surface area (Å²) in [7, 11) is -99.0. The molecule has 0 amide bonds. The molecule has 0 radical (unpaired) electrons. The summed E-state index contributed by atoms with van der Waals surface area (Å²) in [5, 5.41) is 16.1. The molecular formula is C49H107N7O63P14. The largest absolute Gasteiger partial charge is 0.473 e. The van der Waals surface area contributed by atoms with Crippen LogP contribution in [0.3, 0.4) is 0 Å². The maximum absolute atomic E-state index is 17.7. The van der Waals surface area contributed by atoms with Gasteiger partial charge in [-0.15, -0.1) is 0 Å². The lowest BCUT2D eigenvalue weighted by Crippen LogP contribution is -2.96. The van der Waals surface area contributed by atoms with E-state index in [1.807, 2.05) is 0 Å². The van der Waals surface area contributed by atoms with Crippen molar-refractivity contribution in [1.29, 1.82) is 0 Å². The normalized spacial score (nSPS) is 45.5. The van der Waals surface area contributed by atoms with E-state index >= 15 is 63.9 Å². The molecule has 7 fully saturated rings. The first-order chi connectivity index (χ1) is 61.8. The molecular weight excluding hydrogens is 2130 g/mol. The quantitative estimate of drug-likeness (QED) is 0.0177. The lowest BCUT2D eigenvalue weighted by atomic mass is 9.49. The summed E-state index contributed by atoms with van der Waals surface area (Å²) in [4.78, 5) is 185. The van der Waals surface area contributed by atoms with E-state index in [-0.39, 0.29) is 0 Å². The van der Waals surface area contributed by atoms with Gasteiger partial charge < -0.3 is 102 Å². The van der Waals surface area contributed by atoms with E-state index in [1.54, 1.807) is 0 Å². The highest BCUT2D eigenvalue weighted by Gasteiger charge is 2.95. The van der Waals surface area contributed by atoms with Crippen molar-refractivity contribution in [3.05, 3.63) is 0 Å². The summed E-state index contributed by atoms with van der Waals surface area (Å²) in [5.74, 6) is 0. The van der Waals surface area contributed by atoms with Crippen LogP contribution in [0.15, 0.2) is 0 Å². The zero-order valence-electron chi connectivity index (χ0n) is 70.5. The highest BCUT2D eigenvalue weighted by molar-refractivity contribution is 7.51. The van der Waals surface area contributed by atoms with Crippen LogP contribution in [0.1, 0.15) is 0 Å². The number of phosphoric acid groups is 14. The molecule has 786 valence electrons. The van der Waals surface area contributed by atoms with Gasteiger partial charge in [-0.3, -0.25) is 164 Å². The zero-order chi connectivity index (χ0) is 99.2. The molecule has 133 heavy (non-hydrogen) atoms. The number of nitrogens with one attached hydrogen (secondary N) is 7. The molecule has 27 unspecified atom stereocenters. The average Bonchev–Trinajstić information content (AvgIpc) is 0.636. The predicted octanol–water partition coefficient (Wildman–Crippen LogP) is -2.68. The zero-order valence-corrected chi connectivity index (χ0v) is 83.0. The van der Waals surface area contributed by atoms with Crippen molar-refractivity contribution in [3.8, 4) is 0 Å². The molecule has 7 rings (SSSR count). The Bertz CT molecular complexity index is 4200. The van der Waals surface area contributed by atoms with E-state index < -0.39 is 378 Å². The molecule has 27 atom stereocenters. The topological polar surface area (TPSA) is 929 Å². The molecule has 70 nitrogen and oxygen atoms in total. The second-order valence-electron chi connectivity index (χ2n) is 26.9. The van der Waals surface area contributed by atoms with Crippen molar-refractivity contribution in [3.63, 3.8) is 0 Å². The van der Waals surface area contributed by atoms with Crippen molar-refractivity contribution < 1.29 is 292 Å². The van der Waals surface area contributed by atoms with E-state index in [2.05, 4.69) is 37.2 Å². The molecule has 7 saturated heterocycles. The van der Waals surface area contributed by atoms with Crippen LogP contribution >= 0.6 is 110 Å². The van der Waals surface area contributed by atoms with E-state index in [1.165, 1.54) is 0 Å². The van der Waals surface area contributed by atoms with Gasteiger partial charge in [0.05, 0.1) is 186 Å². The third kappa shape index (κ3) is 33.8. The lowest BCUT2D eigenvalue weighted by Gasteiger charge is -2.71. The van der Waals surface area contributed by atoms with Gasteiger partial charge >= 0.3 is 110 Å². The van der Waals surface area contributed by atoms with Crippen LogP contribution in [0, 0.1) is 0 Å². The summed E-state index contributed by atoms with van der Waals surface area (Å²) in [6.07, 6.45) is -41.8. The number of hydrogen-bond acceptors (Lipinski definition) is 56. The van der Waals surface area contributed by atoms with E-state index in [4.69, 9.17) is 160 Å². The van der Waals surface area contributed by atoms with E-state index in [0.717, 1.165) is 49.3 Å². The van der Waals surface area contributed by atoms with Crippen LogP contribution in [0.2, 0.25) is 0 Å². The minimum Gasteiger partial charge on any atom is -0.363 e. The molecule has 84 heteroatoms. The third-order valence-electron chi connectivity index (χ3n) is 17.5. The Morgan fingerprint density at radius 2 is 0.368 bits per heavy atom. The molecule has 7 heterocycles. The van der Waals surface area contributed by atoms with Crippen molar-refractivity contribution in [2.75, 3.05) is 235 Å². The lowest BCUT2D eigenvalue weighted by molar-refractivity contribution is -0.406. The summed E-state index contributed by atoms with van der Waals surface area (Å²) >= 11 is 0. The van der Waals surface area contributed by atoms with Crippen LogP contribution in [0.4, 0.5) is 0 Å². The molecule has 0 aromatic heterocycles. The molecule has 0 saturated carbocycles. The van der Waals surface area contributed by atoms with Crippen molar-refractivity contribution in [2.45, 2.75) is 82.9 Å².